The van der Waals surface area contributed by atoms with Crippen LogP contribution in [0.15, 0.2) is 0 Å². The third-order valence-corrected chi connectivity index (χ3v) is 2.93. The SMILES string of the molecule is CNC(C(C)CCOC)C(C)(C)OC. The zero-order chi connectivity index (χ0) is 11.2. The Hall–Kier alpha value is -0.120. The molecule has 0 spiro atoms. The maximum absolute atomic E-state index is 5.49. The van der Waals surface area contributed by atoms with Crippen molar-refractivity contribution in [2.75, 3.05) is 27.9 Å². The van der Waals surface area contributed by atoms with Gasteiger partial charge in [-0.25, -0.2) is 0 Å². The van der Waals surface area contributed by atoms with E-state index in [1.807, 2.05) is 7.05 Å². The van der Waals surface area contributed by atoms with Crippen LogP contribution in [0.4, 0.5) is 0 Å². The molecule has 0 aliphatic rings. The lowest BCUT2D eigenvalue weighted by molar-refractivity contribution is -0.0267. The molecule has 0 heterocycles. The number of ether oxygens (including phenoxy) is 2. The highest BCUT2D eigenvalue weighted by atomic mass is 16.5. The number of methoxy groups -OCH3 is 2. The monoisotopic (exact) mass is 203 g/mol. The Morgan fingerprint density at radius 3 is 2.21 bits per heavy atom. The lowest BCUT2D eigenvalue weighted by atomic mass is 9.86. The van der Waals surface area contributed by atoms with E-state index < -0.39 is 0 Å². The van der Waals surface area contributed by atoms with Gasteiger partial charge in [0.1, 0.15) is 0 Å². The fourth-order valence-electron chi connectivity index (χ4n) is 1.91. The third kappa shape index (κ3) is 3.95. The highest BCUT2D eigenvalue weighted by molar-refractivity contribution is 4.88. The topological polar surface area (TPSA) is 30.5 Å². The third-order valence-electron chi connectivity index (χ3n) is 2.93. The number of rotatable bonds is 7. The van der Waals surface area contributed by atoms with E-state index in [0.717, 1.165) is 13.0 Å². The molecule has 2 unspecified atom stereocenters. The second-order valence-corrected chi connectivity index (χ2v) is 4.33. The highest BCUT2D eigenvalue weighted by Crippen LogP contribution is 2.22. The van der Waals surface area contributed by atoms with Crippen LogP contribution in [-0.2, 0) is 9.47 Å². The molecule has 0 aromatic carbocycles. The Bertz CT molecular complexity index is 148. The van der Waals surface area contributed by atoms with Gasteiger partial charge in [-0.3, -0.25) is 0 Å². The van der Waals surface area contributed by atoms with Crippen molar-refractivity contribution in [2.24, 2.45) is 5.92 Å². The van der Waals surface area contributed by atoms with Crippen LogP contribution < -0.4 is 5.32 Å². The predicted molar refractivity (Wildman–Crippen MR) is 59.6 cm³/mol. The summed E-state index contributed by atoms with van der Waals surface area (Å²) in [6, 6.07) is 0.350. The Balaban J connectivity index is 4.24. The smallest absolute Gasteiger partial charge is 0.0777 e. The van der Waals surface area contributed by atoms with Gasteiger partial charge in [-0.2, -0.15) is 0 Å². The van der Waals surface area contributed by atoms with E-state index in [9.17, 15) is 0 Å². The minimum absolute atomic E-state index is 0.137. The molecule has 0 aliphatic heterocycles. The lowest BCUT2D eigenvalue weighted by Crippen LogP contribution is -2.50. The van der Waals surface area contributed by atoms with Crippen LogP contribution in [0.1, 0.15) is 27.2 Å². The fraction of sp³-hybridized carbons (Fsp3) is 1.00. The molecule has 0 rings (SSSR count). The average Bonchev–Trinajstić information content (AvgIpc) is 2.15. The van der Waals surface area contributed by atoms with Gasteiger partial charge < -0.3 is 14.8 Å². The van der Waals surface area contributed by atoms with E-state index in [0.29, 0.717) is 12.0 Å². The molecule has 0 aliphatic carbocycles. The van der Waals surface area contributed by atoms with Gasteiger partial charge >= 0.3 is 0 Å². The number of nitrogens with one attached hydrogen (secondary N) is 1. The molecule has 0 amide bonds. The largest absolute Gasteiger partial charge is 0.385 e. The minimum atomic E-state index is -0.137. The quantitative estimate of drug-likeness (QED) is 0.683. The molecule has 0 aromatic heterocycles. The van der Waals surface area contributed by atoms with Crippen LogP contribution in [0.5, 0.6) is 0 Å². The summed E-state index contributed by atoms with van der Waals surface area (Å²) < 4.78 is 10.6. The Labute approximate surface area is 88.2 Å². The zero-order valence-electron chi connectivity index (χ0n) is 10.4. The molecule has 2 atom stereocenters. The van der Waals surface area contributed by atoms with Crippen LogP contribution in [0.2, 0.25) is 0 Å². The highest BCUT2D eigenvalue weighted by Gasteiger charge is 2.31. The molecule has 14 heavy (non-hydrogen) atoms. The van der Waals surface area contributed by atoms with Gasteiger partial charge in [-0.05, 0) is 33.2 Å². The summed E-state index contributed by atoms with van der Waals surface area (Å²) in [6.07, 6.45) is 1.05. The van der Waals surface area contributed by atoms with Gasteiger partial charge in [0.2, 0.25) is 0 Å². The van der Waals surface area contributed by atoms with E-state index in [1.54, 1.807) is 14.2 Å². The van der Waals surface area contributed by atoms with Crippen LogP contribution in [0, 0.1) is 5.92 Å². The molecular weight excluding hydrogens is 178 g/mol. The standard InChI is InChI=1S/C11H25NO2/c1-9(7-8-13-5)10(12-4)11(2,3)14-6/h9-10,12H,7-8H2,1-6H3. The van der Waals surface area contributed by atoms with E-state index in [1.165, 1.54) is 0 Å². The summed E-state index contributed by atoms with van der Waals surface area (Å²) in [5.74, 6) is 0.537. The molecule has 0 radical (unpaired) electrons. The molecule has 0 saturated heterocycles. The lowest BCUT2D eigenvalue weighted by Gasteiger charge is -2.37. The molecule has 0 bridgehead atoms. The molecule has 3 heteroatoms. The summed E-state index contributed by atoms with van der Waals surface area (Å²) in [4.78, 5) is 0. The van der Waals surface area contributed by atoms with Crippen molar-refractivity contribution >= 4 is 0 Å². The van der Waals surface area contributed by atoms with E-state index in [-0.39, 0.29) is 5.60 Å². The molecule has 1 N–H and O–H groups in total. The summed E-state index contributed by atoms with van der Waals surface area (Å²) in [7, 11) is 5.48. The second kappa shape index (κ2) is 6.38. The normalized spacial score (nSPS) is 16.7. The first kappa shape index (κ1) is 13.9. The molecule has 0 saturated carbocycles. The Morgan fingerprint density at radius 1 is 1.29 bits per heavy atom. The van der Waals surface area contributed by atoms with Crippen LogP contribution >= 0.6 is 0 Å². The van der Waals surface area contributed by atoms with Gasteiger partial charge in [0.25, 0.3) is 0 Å². The number of hydrogen-bond acceptors (Lipinski definition) is 3. The van der Waals surface area contributed by atoms with Gasteiger partial charge in [-0.15, -0.1) is 0 Å². The first-order valence-electron chi connectivity index (χ1n) is 5.21. The first-order valence-corrected chi connectivity index (χ1v) is 5.21. The van der Waals surface area contributed by atoms with Gasteiger partial charge in [-0.1, -0.05) is 6.92 Å². The van der Waals surface area contributed by atoms with Crippen LogP contribution in [0.25, 0.3) is 0 Å². The van der Waals surface area contributed by atoms with Gasteiger partial charge in [0, 0.05) is 26.9 Å². The van der Waals surface area contributed by atoms with E-state index in [4.69, 9.17) is 9.47 Å². The molecular formula is C11H25NO2. The van der Waals surface area contributed by atoms with E-state index >= 15 is 0 Å². The van der Waals surface area contributed by atoms with E-state index in [2.05, 4.69) is 26.1 Å². The molecule has 86 valence electrons. The van der Waals surface area contributed by atoms with Gasteiger partial charge in [0.15, 0.2) is 0 Å². The Morgan fingerprint density at radius 2 is 1.86 bits per heavy atom. The van der Waals surface area contributed by atoms with Crippen molar-refractivity contribution in [2.45, 2.75) is 38.8 Å². The summed E-state index contributed by atoms with van der Waals surface area (Å²) in [6.45, 7) is 7.25. The van der Waals surface area contributed by atoms with Crippen molar-refractivity contribution in [1.82, 2.24) is 5.32 Å². The van der Waals surface area contributed by atoms with Crippen molar-refractivity contribution in [1.29, 1.82) is 0 Å². The second-order valence-electron chi connectivity index (χ2n) is 4.33. The average molecular weight is 203 g/mol. The van der Waals surface area contributed by atoms with Crippen molar-refractivity contribution < 1.29 is 9.47 Å². The van der Waals surface area contributed by atoms with Crippen LogP contribution in [-0.4, -0.2) is 39.5 Å². The summed E-state index contributed by atoms with van der Waals surface area (Å²) in [5, 5.41) is 3.32. The molecule has 0 fully saturated rings. The minimum Gasteiger partial charge on any atom is -0.385 e. The maximum Gasteiger partial charge on any atom is 0.0777 e. The fourth-order valence-corrected chi connectivity index (χ4v) is 1.91. The number of likely N-dealkylation sites (N-methyl/N-ethyl adjacent to an activating group) is 1. The van der Waals surface area contributed by atoms with Gasteiger partial charge in [0.05, 0.1) is 5.60 Å². The Kier molecular flexibility index (Phi) is 6.33. The maximum atomic E-state index is 5.49. The molecule has 3 nitrogen and oxygen atoms in total. The van der Waals surface area contributed by atoms with Crippen molar-refractivity contribution in [3.05, 3.63) is 0 Å². The summed E-state index contributed by atoms with van der Waals surface area (Å²) in [5.41, 5.74) is -0.137. The van der Waals surface area contributed by atoms with Crippen LogP contribution in [0.3, 0.4) is 0 Å². The summed E-state index contributed by atoms with van der Waals surface area (Å²) >= 11 is 0. The first-order chi connectivity index (χ1) is 6.49. The van der Waals surface area contributed by atoms with Crippen molar-refractivity contribution in [3.63, 3.8) is 0 Å². The van der Waals surface area contributed by atoms with Crippen molar-refractivity contribution in [3.8, 4) is 0 Å². The predicted octanol–water partition coefficient (Wildman–Crippen LogP) is 1.67. The zero-order valence-corrected chi connectivity index (χ0v) is 10.4. The number of hydrogen-bond donors (Lipinski definition) is 1. The molecule has 0 aromatic rings.